The zero-order chi connectivity index (χ0) is 20.9. The van der Waals surface area contributed by atoms with Crippen molar-refractivity contribution in [3.63, 3.8) is 0 Å². The topological polar surface area (TPSA) is 72.9 Å². The number of carbonyl (C=O) groups excluding carboxylic acids is 1. The summed E-state index contributed by atoms with van der Waals surface area (Å²) >= 11 is 0. The SMILES string of the molecule is CCOC(=O)C1(Cc2cccc(OC)c2)CCCN(S(=O)(=O)c2ccccc2)C1. The second-order valence-electron chi connectivity index (χ2n) is 7.28. The van der Waals surface area contributed by atoms with Crippen LogP contribution in [0.4, 0.5) is 0 Å². The van der Waals surface area contributed by atoms with E-state index in [0.717, 1.165) is 5.56 Å². The third-order valence-corrected chi connectivity index (χ3v) is 7.17. The summed E-state index contributed by atoms with van der Waals surface area (Å²) in [5.41, 5.74) is -0.0148. The van der Waals surface area contributed by atoms with Crippen molar-refractivity contribution in [2.24, 2.45) is 5.41 Å². The van der Waals surface area contributed by atoms with E-state index in [-0.39, 0.29) is 24.0 Å². The van der Waals surface area contributed by atoms with Gasteiger partial charge in [0.05, 0.1) is 24.0 Å². The Morgan fingerprint density at radius 1 is 1.14 bits per heavy atom. The fraction of sp³-hybridized carbons (Fsp3) is 0.409. The van der Waals surface area contributed by atoms with E-state index < -0.39 is 15.4 Å². The number of rotatable bonds is 7. The number of benzene rings is 2. The first kappa shape index (κ1) is 21.3. The molecule has 0 aliphatic carbocycles. The van der Waals surface area contributed by atoms with Gasteiger partial charge in [0.25, 0.3) is 0 Å². The number of hydrogen-bond acceptors (Lipinski definition) is 5. The van der Waals surface area contributed by atoms with Gasteiger partial charge < -0.3 is 9.47 Å². The second kappa shape index (κ2) is 8.97. The lowest BCUT2D eigenvalue weighted by atomic mass is 9.75. The molecule has 1 aliphatic rings. The molecular formula is C22H27NO5S. The van der Waals surface area contributed by atoms with Crippen molar-refractivity contribution in [1.82, 2.24) is 4.31 Å². The van der Waals surface area contributed by atoms with Crippen molar-refractivity contribution < 1.29 is 22.7 Å². The van der Waals surface area contributed by atoms with Crippen LogP contribution < -0.4 is 4.74 Å². The fourth-order valence-corrected chi connectivity index (χ4v) is 5.46. The number of ether oxygens (including phenoxy) is 2. The number of sulfonamides is 1. The molecule has 2 aromatic rings. The Bertz CT molecular complexity index is 945. The van der Waals surface area contributed by atoms with Gasteiger partial charge in [0.15, 0.2) is 0 Å². The zero-order valence-electron chi connectivity index (χ0n) is 16.8. The van der Waals surface area contributed by atoms with E-state index in [9.17, 15) is 13.2 Å². The molecule has 1 fully saturated rings. The van der Waals surface area contributed by atoms with E-state index in [1.807, 2.05) is 24.3 Å². The van der Waals surface area contributed by atoms with E-state index >= 15 is 0 Å². The maximum absolute atomic E-state index is 13.2. The van der Waals surface area contributed by atoms with E-state index in [2.05, 4.69) is 0 Å². The lowest BCUT2D eigenvalue weighted by Gasteiger charge is -2.40. The zero-order valence-corrected chi connectivity index (χ0v) is 17.7. The first-order valence-corrected chi connectivity index (χ1v) is 11.2. The van der Waals surface area contributed by atoms with Crippen LogP contribution in [-0.2, 0) is 26.0 Å². The van der Waals surface area contributed by atoms with Crippen molar-refractivity contribution in [3.05, 3.63) is 60.2 Å². The van der Waals surface area contributed by atoms with Crippen LogP contribution in [0.25, 0.3) is 0 Å². The summed E-state index contributed by atoms with van der Waals surface area (Å²) in [7, 11) is -2.09. The number of nitrogens with zero attached hydrogens (tertiary/aromatic N) is 1. The van der Waals surface area contributed by atoms with E-state index in [0.29, 0.717) is 31.6 Å². The second-order valence-corrected chi connectivity index (χ2v) is 9.22. The predicted octanol–water partition coefficient (Wildman–Crippen LogP) is 3.27. The van der Waals surface area contributed by atoms with Gasteiger partial charge in [-0.2, -0.15) is 4.31 Å². The van der Waals surface area contributed by atoms with Crippen LogP contribution >= 0.6 is 0 Å². The minimum Gasteiger partial charge on any atom is -0.497 e. The standard InChI is InChI=1S/C22H27NO5S/c1-3-28-21(24)22(16-18-9-7-10-19(15-18)27-2)13-8-14-23(17-22)29(25,26)20-11-5-4-6-12-20/h4-7,9-12,15H,3,8,13-14,16-17H2,1-2H3. The van der Waals surface area contributed by atoms with Gasteiger partial charge in [-0.1, -0.05) is 30.3 Å². The molecular weight excluding hydrogens is 390 g/mol. The largest absolute Gasteiger partial charge is 0.497 e. The third-order valence-electron chi connectivity index (χ3n) is 5.31. The summed E-state index contributed by atoms with van der Waals surface area (Å²) in [6, 6.07) is 15.9. The molecule has 0 spiro atoms. The van der Waals surface area contributed by atoms with Crippen LogP contribution in [0.3, 0.4) is 0 Å². The quantitative estimate of drug-likeness (QED) is 0.647. The average Bonchev–Trinajstić information content (AvgIpc) is 2.75. The predicted molar refractivity (Wildman–Crippen MR) is 110 cm³/mol. The van der Waals surface area contributed by atoms with E-state index in [4.69, 9.17) is 9.47 Å². The van der Waals surface area contributed by atoms with Gasteiger partial charge in [-0.15, -0.1) is 0 Å². The Hall–Kier alpha value is -2.38. The third kappa shape index (κ3) is 4.62. The Kier molecular flexibility index (Phi) is 6.59. The molecule has 0 saturated carbocycles. The average molecular weight is 418 g/mol. The molecule has 2 aromatic carbocycles. The molecule has 156 valence electrons. The molecule has 7 heteroatoms. The van der Waals surface area contributed by atoms with Crippen LogP contribution in [0.1, 0.15) is 25.3 Å². The molecule has 3 rings (SSSR count). The Morgan fingerprint density at radius 3 is 2.59 bits per heavy atom. The smallest absolute Gasteiger partial charge is 0.313 e. The van der Waals surface area contributed by atoms with Crippen molar-refractivity contribution >= 4 is 16.0 Å². The number of esters is 1. The summed E-state index contributed by atoms with van der Waals surface area (Å²) in [5.74, 6) is 0.349. The highest BCUT2D eigenvalue weighted by atomic mass is 32.2. The summed E-state index contributed by atoms with van der Waals surface area (Å²) in [5, 5.41) is 0. The van der Waals surface area contributed by atoms with Gasteiger partial charge in [-0.3, -0.25) is 4.79 Å². The van der Waals surface area contributed by atoms with Gasteiger partial charge in [-0.25, -0.2) is 8.42 Å². The molecule has 1 heterocycles. The molecule has 1 saturated heterocycles. The molecule has 1 aliphatic heterocycles. The minimum absolute atomic E-state index is 0.0975. The Balaban J connectivity index is 1.94. The molecule has 0 bridgehead atoms. The molecule has 6 nitrogen and oxygen atoms in total. The molecule has 0 radical (unpaired) electrons. The normalized spacial score (nSPS) is 20.2. The number of hydrogen-bond donors (Lipinski definition) is 0. The maximum atomic E-state index is 13.2. The number of carbonyl (C=O) groups is 1. The highest BCUT2D eigenvalue weighted by molar-refractivity contribution is 7.89. The lowest BCUT2D eigenvalue weighted by Crippen LogP contribution is -2.51. The lowest BCUT2D eigenvalue weighted by molar-refractivity contribution is -0.157. The van der Waals surface area contributed by atoms with Crippen LogP contribution in [0.15, 0.2) is 59.5 Å². The Morgan fingerprint density at radius 2 is 1.90 bits per heavy atom. The summed E-state index contributed by atoms with van der Waals surface area (Å²) in [6.45, 7) is 2.50. The molecule has 29 heavy (non-hydrogen) atoms. The number of piperidine rings is 1. The van der Waals surface area contributed by atoms with E-state index in [1.54, 1.807) is 44.4 Å². The molecule has 1 unspecified atom stereocenters. The first-order valence-electron chi connectivity index (χ1n) is 9.77. The van der Waals surface area contributed by atoms with Crippen LogP contribution in [0, 0.1) is 5.41 Å². The van der Waals surface area contributed by atoms with Gasteiger partial charge in [0, 0.05) is 13.1 Å². The highest BCUT2D eigenvalue weighted by Gasteiger charge is 2.46. The molecule has 0 amide bonds. The minimum atomic E-state index is -3.69. The van der Waals surface area contributed by atoms with Gasteiger partial charge in [-0.05, 0) is 56.0 Å². The van der Waals surface area contributed by atoms with E-state index in [1.165, 1.54) is 4.31 Å². The maximum Gasteiger partial charge on any atom is 0.313 e. The molecule has 0 aromatic heterocycles. The van der Waals surface area contributed by atoms with Crippen LogP contribution in [0.5, 0.6) is 5.75 Å². The highest BCUT2D eigenvalue weighted by Crippen LogP contribution is 2.38. The summed E-state index contributed by atoms with van der Waals surface area (Å²) in [6.07, 6.45) is 1.56. The first-order chi connectivity index (χ1) is 13.9. The van der Waals surface area contributed by atoms with Gasteiger partial charge >= 0.3 is 5.97 Å². The Labute approximate surface area is 172 Å². The van der Waals surface area contributed by atoms with Crippen LogP contribution in [0.2, 0.25) is 0 Å². The summed E-state index contributed by atoms with van der Waals surface area (Å²) < 4.78 is 38.4. The fourth-order valence-electron chi connectivity index (χ4n) is 3.88. The van der Waals surface area contributed by atoms with Crippen molar-refractivity contribution in [1.29, 1.82) is 0 Å². The van der Waals surface area contributed by atoms with Crippen molar-refractivity contribution in [2.75, 3.05) is 26.8 Å². The van der Waals surface area contributed by atoms with Crippen LogP contribution in [-0.4, -0.2) is 45.5 Å². The van der Waals surface area contributed by atoms with Crippen molar-refractivity contribution in [3.8, 4) is 5.75 Å². The van der Waals surface area contributed by atoms with Gasteiger partial charge in [0.2, 0.25) is 10.0 Å². The number of methoxy groups -OCH3 is 1. The monoisotopic (exact) mass is 417 g/mol. The van der Waals surface area contributed by atoms with Gasteiger partial charge in [0.1, 0.15) is 5.75 Å². The molecule has 1 atom stereocenters. The molecule has 0 N–H and O–H groups in total. The van der Waals surface area contributed by atoms with Crippen molar-refractivity contribution in [2.45, 2.75) is 31.1 Å². The summed E-state index contributed by atoms with van der Waals surface area (Å²) in [4.78, 5) is 13.3.